The molecule has 2 heterocycles. The van der Waals surface area contributed by atoms with Crippen LogP contribution >= 0.6 is 0 Å². The minimum Gasteiger partial charge on any atom is -0.494 e. The number of hydrogen-bond acceptors (Lipinski definition) is 7. The van der Waals surface area contributed by atoms with Crippen molar-refractivity contribution < 1.29 is 31.9 Å². The molecule has 166 valence electrons. The smallest absolute Gasteiger partial charge is 0.433 e. The summed E-state index contributed by atoms with van der Waals surface area (Å²) in [4.78, 5) is 20.4. The van der Waals surface area contributed by atoms with Crippen molar-refractivity contribution in [2.24, 2.45) is 11.7 Å². The molecule has 0 aliphatic rings. The van der Waals surface area contributed by atoms with Gasteiger partial charge >= 0.3 is 12.1 Å². The number of nitrogens with two attached hydrogens (primary N) is 1. The first kappa shape index (κ1) is 22.5. The predicted octanol–water partition coefficient (Wildman–Crippen LogP) is 4.75. The fraction of sp³-hybridized carbons (Fsp3) is 0.381. The third-order valence-corrected chi connectivity index (χ3v) is 4.70. The molecule has 3 rings (SSSR count). The highest BCUT2D eigenvalue weighted by atomic mass is 19.4. The van der Waals surface area contributed by atoms with E-state index in [2.05, 4.69) is 9.97 Å². The van der Waals surface area contributed by atoms with E-state index < -0.39 is 23.9 Å². The van der Waals surface area contributed by atoms with Gasteiger partial charge in [0.1, 0.15) is 17.0 Å². The molecule has 0 aliphatic heterocycles. The van der Waals surface area contributed by atoms with Gasteiger partial charge in [-0.1, -0.05) is 13.8 Å². The summed E-state index contributed by atoms with van der Waals surface area (Å²) in [7, 11) is 1.33. The molecule has 0 bridgehead atoms. The van der Waals surface area contributed by atoms with Crippen molar-refractivity contribution in [1.29, 1.82) is 0 Å². The average Bonchev–Trinajstić information content (AvgIpc) is 3.16. The summed E-state index contributed by atoms with van der Waals surface area (Å²) in [6.45, 7) is 5.50. The van der Waals surface area contributed by atoms with Gasteiger partial charge in [0.05, 0.1) is 19.8 Å². The molecule has 31 heavy (non-hydrogen) atoms. The highest BCUT2D eigenvalue weighted by Gasteiger charge is 2.33. The maximum Gasteiger partial charge on any atom is 0.433 e. The van der Waals surface area contributed by atoms with Crippen LogP contribution in [0.25, 0.3) is 22.4 Å². The molecule has 3 aromatic rings. The van der Waals surface area contributed by atoms with Crippen LogP contribution in [0.2, 0.25) is 0 Å². The molecular weight excluding hydrogens is 415 g/mol. The van der Waals surface area contributed by atoms with E-state index in [9.17, 15) is 18.0 Å². The second kappa shape index (κ2) is 8.54. The van der Waals surface area contributed by atoms with Crippen LogP contribution in [0.4, 0.5) is 13.2 Å². The van der Waals surface area contributed by atoms with Gasteiger partial charge < -0.3 is 19.6 Å². The molecular formula is C21H22F3N3O4. The summed E-state index contributed by atoms with van der Waals surface area (Å²) < 4.78 is 55.5. The Morgan fingerprint density at radius 1 is 1.19 bits per heavy atom. The van der Waals surface area contributed by atoms with E-state index in [4.69, 9.17) is 19.6 Å². The molecule has 0 radical (unpaired) electrons. The quantitative estimate of drug-likeness (QED) is 0.556. The zero-order chi connectivity index (χ0) is 22.9. The van der Waals surface area contributed by atoms with Gasteiger partial charge in [-0.2, -0.15) is 13.2 Å². The second-order valence-electron chi connectivity index (χ2n) is 7.13. The van der Waals surface area contributed by atoms with Crippen LogP contribution in [-0.4, -0.2) is 29.7 Å². The van der Waals surface area contributed by atoms with E-state index in [0.29, 0.717) is 10.9 Å². The first-order valence-electron chi connectivity index (χ1n) is 9.57. The Bertz CT molecular complexity index is 1110. The zero-order valence-corrected chi connectivity index (χ0v) is 17.4. The normalized spacial score (nSPS) is 12.9. The molecule has 0 saturated heterocycles. The maximum atomic E-state index is 13.2. The van der Waals surface area contributed by atoms with E-state index >= 15 is 0 Å². The van der Waals surface area contributed by atoms with Crippen LogP contribution < -0.4 is 10.5 Å². The van der Waals surface area contributed by atoms with Gasteiger partial charge in [-0.3, -0.25) is 0 Å². The van der Waals surface area contributed by atoms with Gasteiger partial charge in [0, 0.05) is 10.9 Å². The SMILES string of the molecule is CCOC(=O)c1nc(-c2ccc(OC)c3nc(C(F)(F)F)ccc23)oc1[C@@H](N)C(C)C. The molecule has 1 aromatic carbocycles. The molecule has 0 amide bonds. The summed E-state index contributed by atoms with van der Waals surface area (Å²) >= 11 is 0. The van der Waals surface area contributed by atoms with Gasteiger partial charge in [0.2, 0.25) is 5.89 Å². The highest BCUT2D eigenvalue weighted by molar-refractivity contribution is 5.97. The van der Waals surface area contributed by atoms with Crippen molar-refractivity contribution in [2.45, 2.75) is 33.0 Å². The monoisotopic (exact) mass is 437 g/mol. The summed E-state index contributed by atoms with van der Waals surface area (Å²) in [6, 6.07) is 4.52. The number of pyridine rings is 1. The fourth-order valence-electron chi connectivity index (χ4n) is 3.02. The van der Waals surface area contributed by atoms with Gasteiger partial charge in [0.25, 0.3) is 0 Å². The van der Waals surface area contributed by atoms with Crippen LogP contribution in [0, 0.1) is 5.92 Å². The average molecular weight is 437 g/mol. The Hall–Kier alpha value is -3.14. The molecule has 7 nitrogen and oxygen atoms in total. The number of hydrogen-bond donors (Lipinski definition) is 1. The second-order valence-corrected chi connectivity index (χ2v) is 7.13. The van der Waals surface area contributed by atoms with Gasteiger partial charge in [-0.05, 0) is 37.1 Å². The van der Waals surface area contributed by atoms with Crippen LogP contribution in [0.3, 0.4) is 0 Å². The van der Waals surface area contributed by atoms with Gasteiger partial charge in [0.15, 0.2) is 11.5 Å². The molecule has 10 heteroatoms. The number of oxazole rings is 1. The van der Waals surface area contributed by atoms with Crippen molar-refractivity contribution in [1.82, 2.24) is 9.97 Å². The van der Waals surface area contributed by atoms with E-state index in [1.807, 2.05) is 13.8 Å². The van der Waals surface area contributed by atoms with E-state index in [0.717, 1.165) is 6.07 Å². The molecule has 2 aromatic heterocycles. The van der Waals surface area contributed by atoms with E-state index in [-0.39, 0.29) is 41.1 Å². The number of alkyl halides is 3. The summed E-state index contributed by atoms with van der Waals surface area (Å²) in [5, 5.41) is 0.314. The Morgan fingerprint density at radius 2 is 1.90 bits per heavy atom. The Kier molecular flexibility index (Phi) is 6.21. The Balaban J connectivity index is 2.23. The lowest BCUT2D eigenvalue weighted by Crippen LogP contribution is -2.20. The van der Waals surface area contributed by atoms with Crippen molar-refractivity contribution in [3.63, 3.8) is 0 Å². The molecule has 0 aliphatic carbocycles. The van der Waals surface area contributed by atoms with Crippen LogP contribution in [-0.2, 0) is 10.9 Å². The summed E-state index contributed by atoms with van der Waals surface area (Å²) in [5.41, 5.74) is 5.39. The number of ether oxygens (including phenoxy) is 2. The Labute approximate surface area is 176 Å². The minimum absolute atomic E-state index is 0.0135. The van der Waals surface area contributed by atoms with Gasteiger partial charge in [-0.15, -0.1) is 0 Å². The third kappa shape index (κ3) is 4.34. The number of benzene rings is 1. The van der Waals surface area contributed by atoms with Crippen molar-refractivity contribution in [3.05, 3.63) is 41.4 Å². The molecule has 0 unspecified atom stereocenters. The highest BCUT2D eigenvalue weighted by Crippen LogP contribution is 2.38. The topological polar surface area (TPSA) is 100 Å². The molecule has 2 N–H and O–H groups in total. The van der Waals surface area contributed by atoms with Crippen molar-refractivity contribution in [2.75, 3.05) is 13.7 Å². The molecule has 1 atom stereocenters. The number of esters is 1. The lowest BCUT2D eigenvalue weighted by molar-refractivity contribution is -0.140. The number of aromatic nitrogens is 2. The zero-order valence-electron chi connectivity index (χ0n) is 17.4. The number of rotatable bonds is 6. The van der Waals surface area contributed by atoms with E-state index in [1.165, 1.54) is 19.2 Å². The first-order valence-corrected chi connectivity index (χ1v) is 9.57. The van der Waals surface area contributed by atoms with Crippen molar-refractivity contribution >= 4 is 16.9 Å². The largest absolute Gasteiger partial charge is 0.494 e. The lowest BCUT2D eigenvalue weighted by atomic mass is 10.0. The first-order chi connectivity index (χ1) is 14.6. The lowest BCUT2D eigenvalue weighted by Gasteiger charge is -2.13. The maximum absolute atomic E-state index is 13.2. The molecule has 0 saturated carbocycles. The minimum atomic E-state index is -4.62. The Morgan fingerprint density at radius 3 is 2.48 bits per heavy atom. The number of nitrogens with zero attached hydrogens (tertiary/aromatic N) is 2. The van der Waals surface area contributed by atoms with E-state index in [1.54, 1.807) is 13.0 Å². The molecule has 0 fully saturated rings. The number of fused-ring (bicyclic) bond motifs is 1. The number of halogens is 3. The molecule has 0 spiro atoms. The van der Waals surface area contributed by atoms with Crippen molar-refractivity contribution in [3.8, 4) is 17.2 Å². The van der Waals surface area contributed by atoms with Crippen LogP contribution in [0.5, 0.6) is 5.75 Å². The van der Waals surface area contributed by atoms with Crippen LogP contribution in [0.1, 0.15) is 48.8 Å². The fourth-order valence-corrected chi connectivity index (χ4v) is 3.02. The number of carbonyl (C=O) groups excluding carboxylic acids is 1. The van der Waals surface area contributed by atoms with Crippen LogP contribution in [0.15, 0.2) is 28.7 Å². The summed E-state index contributed by atoms with van der Waals surface area (Å²) in [5.74, 6) is -0.451. The van der Waals surface area contributed by atoms with Gasteiger partial charge in [-0.25, -0.2) is 14.8 Å². The predicted molar refractivity (Wildman–Crippen MR) is 107 cm³/mol. The number of methoxy groups -OCH3 is 1. The summed E-state index contributed by atoms with van der Waals surface area (Å²) in [6.07, 6.45) is -4.62. The standard InChI is InChI=1S/C21H22F3N3O4/c1-5-30-20(28)17-18(15(25)10(2)3)31-19(27-17)12-6-8-13(29-4)16-11(12)7-9-14(26-16)21(22,23)24/h6-10,15H,5,25H2,1-4H3/t15-/m0/s1. The third-order valence-electron chi connectivity index (χ3n) is 4.70. The number of carbonyl (C=O) groups is 1.